The second-order valence-electron chi connectivity index (χ2n) is 15.6. The minimum Gasteiger partial charge on any atom is -0.385 e. The molecule has 0 saturated carbocycles. The summed E-state index contributed by atoms with van der Waals surface area (Å²) in [4.78, 5) is 48.3. The number of hydrogen-bond donors (Lipinski definition) is 5. The first kappa shape index (κ1) is 40.2. The van der Waals surface area contributed by atoms with Gasteiger partial charge in [-0.3, -0.25) is 19.3 Å². The molecule has 5 aromatic rings. The number of piperidine rings is 1. The molecule has 0 unspecified atom stereocenters. The maximum atomic E-state index is 13.1. The lowest BCUT2D eigenvalue weighted by Crippen LogP contribution is -2.49. The standard InChI is InChI=1S/C44H49F2N11O3/c45-41(46)32-11-16-50-38(26-32)52-44(60)30-3-1-29(2-4-30)40-39(42(48)59)43-51-36-10-9-35(25-31(36)15-20-57(43)53-40)56-23-21-54(22-24-56)27-28-13-18-55(19-14-28)34-7-5-33(6-8-34)49-17-12-37(47)58/h1-11,16,25-26,28,41,49,51H,12-15,17-24,27H2,(H2,47,58)(H2,48,59)(H,50,52,60). The molecule has 7 N–H and O–H groups in total. The van der Waals surface area contributed by atoms with Crippen LogP contribution in [0.2, 0.25) is 0 Å². The van der Waals surface area contributed by atoms with Crippen LogP contribution >= 0.6 is 0 Å². The topological polar surface area (TPSA) is 180 Å². The highest BCUT2D eigenvalue weighted by Crippen LogP contribution is 2.36. The monoisotopic (exact) mass is 817 g/mol. The number of alkyl halides is 2. The lowest BCUT2D eigenvalue weighted by molar-refractivity contribution is -0.117. The zero-order chi connectivity index (χ0) is 41.8. The molecule has 0 radical (unpaired) electrons. The Morgan fingerprint density at radius 1 is 0.833 bits per heavy atom. The van der Waals surface area contributed by atoms with Crippen LogP contribution in [0.5, 0.6) is 0 Å². The molecule has 8 rings (SSSR count). The Morgan fingerprint density at radius 3 is 2.25 bits per heavy atom. The number of aryl methyl sites for hydroxylation is 2. The van der Waals surface area contributed by atoms with Gasteiger partial charge in [0.05, 0.1) is 0 Å². The molecule has 2 fully saturated rings. The van der Waals surface area contributed by atoms with Crippen LogP contribution in [-0.4, -0.2) is 89.7 Å². The van der Waals surface area contributed by atoms with Gasteiger partial charge in [0.2, 0.25) is 5.91 Å². The number of amides is 3. The molecular weight excluding hydrogens is 769 g/mol. The summed E-state index contributed by atoms with van der Waals surface area (Å²) < 4.78 is 28.0. The van der Waals surface area contributed by atoms with Gasteiger partial charge in [-0.2, -0.15) is 5.10 Å². The number of halogens is 2. The number of carbonyl (C=O) groups excluding carboxylic acids is 3. The van der Waals surface area contributed by atoms with Gasteiger partial charge >= 0.3 is 0 Å². The van der Waals surface area contributed by atoms with Crippen LogP contribution in [0.3, 0.4) is 0 Å². The third kappa shape index (κ3) is 9.18. The van der Waals surface area contributed by atoms with Crippen molar-refractivity contribution in [2.24, 2.45) is 17.4 Å². The molecule has 14 nitrogen and oxygen atoms in total. The fourth-order valence-corrected chi connectivity index (χ4v) is 8.31. The van der Waals surface area contributed by atoms with Gasteiger partial charge in [-0.15, -0.1) is 0 Å². The van der Waals surface area contributed by atoms with Crippen molar-refractivity contribution in [1.82, 2.24) is 19.7 Å². The predicted molar refractivity (Wildman–Crippen MR) is 229 cm³/mol. The number of rotatable bonds is 13. The molecule has 2 aromatic heterocycles. The Labute approximate surface area is 346 Å². The molecule has 0 aliphatic carbocycles. The highest BCUT2D eigenvalue weighted by atomic mass is 19.3. The molecule has 0 spiro atoms. The van der Waals surface area contributed by atoms with Crippen LogP contribution in [0, 0.1) is 5.92 Å². The van der Waals surface area contributed by atoms with Crippen LogP contribution in [0.4, 0.5) is 43.2 Å². The van der Waals surface area contributed by atoms with Crippen molar-refractivity contribution in [2.45, 2.75) is 38.7 Å². The van der Waals surface area contributed by atoms with Gasteiger partial charge in [0.15, 0.2) is 0 Å². The van der Waals surface area contributed by atoms with Gasteiger partial charge in [-0.25, -0.2) is 18.4 Å². The first-order chi connectivity index (χ1) is 29.1. The van der Waals surface area contributed by atoms with Gasteiger partial charge in [-0.1, -0.05) is 12.1 Å². The van der Waals surface area contributed by atoms with E-state index in [9.17, 15) is 23.2 Å². The van der Waals surface area contributed by atoms with E-state index in [0.717, 1.165) is 68.8 Å². The predicted octanol–water partition coefficient (Wildman–Crippen LogP) is 5.86. The summed E-state index contributed by atoms with van der Waals surface area (Å²) in [6.45, 7) is 8.19. The number of primary amides is 2. The quantitative estimate of drug-likeness (QED) is 0.0967. The van der Waals surface area contributed by atoms with E-state index in [0.29, 0.717) is 48.9 Å². The molecule has 0 atom stereocenters. The Kier molecular flexibility index (Phi) is 11.9. The minimum atomic E-state index is -2.68. The van der Waals surface area contributed by atoms with Crippen LogP contribution in [0.15, 0.2) is 85.1 Å². The van der Waals surface area contributed by atoms with Gasteiger partial charge in [-0.05, 0) is 97.5 Å². The lowest BCUT2D eigenvalue weighted by atomic mass is 9.95. The van der Waals surface area contributed by atoms with E-state index in [1.54, 1.807) is 28.9 Å². The number of nitrogens with one attached hydrogen (secondary N) is 3. The van der Waals surface area contributed by atoms with Crippen molar-refractivity contribution in [3.8, 4) is 11.3 Å². The van der Waals surface area contributed by atoms with Crippen LogP contribution in [0.1, 0.15) is 57.5 Å². The molecule has 3 aliphatic rings. The Balaban J connectivity index is 0.845. The number of nitrogens with two attached hydrogens (primary N) is 2. The van der Waals surface area contributed by atoms with Crippen LogP contribution < -0.4 is 37.2 Å². The average Bonchev–Trinajstić information content (AvgIpc) is 3.52. The zero-order valence-electron chi connectivity index (χ0n) is 33.2. The Hall–Kier alpha value is -6.55. The maximum absolute atomic E-state index is 13.1. The number of anilines is 6. The highest BCUT2D eigenvalue weighted by molar-refractivity contribution is 6.06. The number of benzene rings is 3. The molecule has 3 aromatic carbocycles. The van der Waals surface area contributed by atoms with Crippen molar-refractivity contribution in [1.29, 1.82) is 0 Å². The number of piperazine rings is 1. The molecule has 312 valence electrons. The second kappa shape index (κ2) is 17.7. The number of pyridine rings is 1. The summed E-state index contributed by atoms with van der Waals surface area (Å²) in [6.07, 6.45) is 1.88. The zero-order valence-corrected chi connectivity index (χ0v) is 33.2. The van der Waals surface area contributed by atoms with Crippen LogP contribution in [-0.2, 0) is 17.8 Å². The summed E-state index contributed by atoms with van der Waals surface area (Å²) in [6, 6.07) is 23.7. The number of nitrogens with zero attached hydrogens (tertiary/aromatic N) is 6. The van der Waals surface area contributed by atoms with Gasteiger partial charge in [0.1, 0.15) is 22.9 Å². The van der Waals surface area contributed by atoms with Crippen LogP contribution in [0.25, 0.3) is 11.3 Å². The summed E-state index contributed by atoms with van der Waals surface area (Å²) in [7, 11) is 0. The van der Waals surface area contributed by atoms with Crippen molar-refractivity contribution in [3.63, 3.8) is 0 Å². The minimum absolute atomic E-state index is 0.0189. The van der Waals surface area contributed by atoms with E-state index in [-0.39, 0.29) is 28.4 Å². The molecule has 2 saturated heterocycles. The van der Waals surface area contributed by atoms with Crippen molar-refractivity contribution >= 4 is 52.1 Å². The average molecular weight is 818 g/mol. The normalized spacial score (nSPS) is 15.8. The van der Waals surface area contributed by atoms with E-state index in [2.05, 4.69) is 78.1 Å². The fourth-order valence-electron chi connectivity index (χ4n) is 8.31. The molecule has 16 heteroatoms. The van der Waals surface area contributed by atoms with E-state index in [1.165, 1.54) is 36.5 Å². The van der Waals surface area contributed by atoms with E-state index < -0.39 is 18.2 Å². The largest absolute Gasteiger partial charge is 0.385 e. The Bertz CT molecular complexity index is 2340. The van der Waals surface area contributed by atoms with Gasteiger partial charge < -0.3 is 37.2 Å². The van der Waals surface area contributed by atoms with E-state index in [4.69, 9.17) is 16.6 Å². The van der Waals surface area contributed by atoms with Crippen molar-refractivity contribution in [3.05, 3.63) is 107 Å². The molecule has 3 amide bonds. The first-order valence-corrected chi connectivity index (χ1v) is 20.4. The number of aromatic nitrogens is 3. The maximum Gasteiger partial charge on any atom is 0.264 e. The van der Waals surface area contributed by atoms with Crippen molar-refractivity contribution in [2.75, 3.05) is 78.1 Å². The third-order valence-corrected chi connectivity index (χ3v) is 11.6. The molecular formula is C44H49F2N11O3. The summed E-state index contributed by atoms with van der Waals surface area (Å²) in [5.41, 5.74) is 17.9. The molecule has 5 heterocycles. The molecule has 0 bridgehead atoms. The van der Waals surface area contributed by atoms with E-state index in [1.807, 2.05) is 0 Å². The lowest BCUT2D eigenvalue weighted by Gasteiger charge is -2.40. The SMILES string of the molecule is NC(=O)CCNc1ccc(N2CCC(CN3CCN(c4ccc5c(c4)CCn4nc(-c6ccc(C(=O)Nc7cc(C(F)F)ccn7)cc6)c(C(N)=O)c4N5)CC3)CC2)cc1. The van der Waals surface area contributed by atoms with Crippen molar-refractivity contribution < 1.29 is 23.2 Å². The summed E-state index contributed by atoms with van der Waals surface area (Å²) in [5.74, 6) is -0.247. The molecule has 60 heavy (non-hydrogen) atoms. The fraction of sp³-hybridized carbons (Fsp3) is 0.341. The van der Waals surface area contributed by atoms with Gasteiger partial charge in [0.25, 0.3) is 18.2 Å². The highest BCUT2D eigenvalue weighted by Gasteiger charge is 2.28. The molecule has 3 aliphatic heterocycles. The van der Waals surface area contributed by atoms with E-state index >= 15 is 0 Å². The summed E-state index contributed by atoms with van der Waals surface area (Å²) in [5, 5.41) is 14.0. The smallest absolute Gasteiger partial charge is 0.264 e. The second-order valence-corrected chi connectivity index (χ2v) is 15.6. The number of hydrogen-bond acceptors (Lipinski definition) is 10. The van der Waals surface area contributed by atoms with Gasteiger partial charge in [0, 0.05) is 111 Å². The summed E-state index contributed by atoms with van der Waals surface area (Å²) >= 11 is 0. The number of carbonyl (C=O) groups is 3. The first-order valence-electron chi connectivity index (χ1n) is 20.4. The Morgan fingerprint density at radius 2 is 1.55 bits per heavy atom. The third-order valence-electron chi connectivity index (χ3n) is 11.6. The number of fused-ring (bicyclic) bond motifs is 2.